The largest absolute Gasteiger partial charge is 0.0803 e. The summed E-state index contributed by atoms with van der Waals surface area (Å²) in [6.45, 7) is 7.24. The van der Waals surface area contributed by atoms with E-state index in [4.69, 9.17) is 0 Å². The van der Waals surface area contributed by atoms with Crippen LogP contribution in [0.1, 0.15) is 11.1 Å². The van der Waals surface area contributed by atoms with E-state index in [1.807, 2.05) is 0 Å². The average Bonchev–Trinajstić information content (AvgIpc) is 2.45. The van der Waals surface area contributed by atoms with Crippen molar-refractivity contribution in [3.63, 3.8) is 0 Å². The molecule has 1 aliphatic rings. The lowest BCUT2D eigenvalue weighted by atomic mass is 10.1. The minimum atomic E-state index is -1.15. The Morgan fingerprint density at radius 3 is 2.57 bits per heavy atom. The van der Waals surface area contributed by atoms with E-state index in [-0.39, 0.29) is 0 Å². The number of benzene rings is 1. The van der Waals surface area contributed by atoms with Gasteiger partial charge < -0.3 is 0 Å². The Labute approximate surface area is 95.2 Å². The smallest absolute Gasteiger partial charge is 0.0779 e. The molecule has 0 fully saturated rings. The molecule has 0 unspecified atom stereocenters. The van der Waals surface area contributed by atoms with Gasteiger partial charge in [-0.1, -0.05) is 52.9 Å². The van der Waals surface area contributed by atoms with Crippen molar-refractivity contribution < 1.29 is 0 Å². The number of hydrogen-bond donors (Lipinski definition) is 0. The molecule has 2 rings (SSSR count). The van der Waals surface area contributed by atoms with Crippen LogP contribution >= 0.6 is 15.9 Å². The quantitative estimate of drug-likeness (QED) is 0.667. The topological polar surface area (TPSA) is 0 Å². The molecule has 0 saturated carbocycles. The van der Waals surface area contributed by atoms with Crippen molar-refractivity contribution in [3.05, 3.63) is 39.9 Å². The maximum atomic E-state index is 3.52. The Hall–Kier alpha value is -0.343. The highest BCUT2D eigenvalue weighted by molar-refractivity contribution is 9.10. The minimum absolute atomic E-state index is 1.12. The van der Waals surface area contributed by atoms with Gasteiger partial charge in [-0.25, -0.2) is 0 Å². The number of allylic oxidation sites excluding steroid dienone is 1. The van der Waals surface area contributed by atoms with Gasteiger partial charge in [0.05, 0.1) is 8.07 Å². The molecule has 0 spiro atoms. The van der Waals surface area contributed by atoms with Crippen LogP contribution in [-0.4, -0.2) is 8.07 Å². The van der Waals surface area contributed by atoms with Crippen LogP contribution in [0.25, 0.3) is 5.20 Å². The fourth-order valence-corrected chi connectivity index (χ4v) is 4.20. The summed E-state index contributed by atoms with van der Waals surface area (Å²) >= 11 is 3.52. The van der Waals surface area contributed by atoms with E-state index in [0.717, 1.165) is 6.42 Å². The first kappa shape index (κ1) is 10.2. The van der Waals surface area contributed by atoms with E-state index in [1.54, 1.807) is 5.20 Å². The molecule has 0 aromatic heterocycles. The highest BCUT2D eigenvalue weighted by Crippen LogP contribution is 2.35. The summed E-state index contributed by atoms with van der Waals surface area (Å²) in [6.07, 6.45) is 3.54. The van der Waals surface area contributed by atoms with Crippen molar-refractivity contribution in [1.29, 1.82) is 0 Å². The maximum Gasteiger partial charge on any atom is 0.0779 e. The van der Waals surface area contributed by atoms with Gasteiger partial charge in [-0.3, -0.25) is 0 Å². The lowest BCUT2D eigenvalue weighted by molar-refractivity contribution is 1.30. The lowest BCUT2D eigenvalue weighted by Crippen LogP contribution is -2.21. The van der Waals surface area contributed by atoms with E-state index >= 15 is 0 Å². The van der Waals surface area contributed by atoms with Crippen LogP contribution in [0.2, 0.25) is 19.6 Å². The Bertz CT molecular complexity index is 399. The molecule has 74 valence electrons. The van der Waals surface area contributed by atoms with Gasteiger partial charge in [0, 0.05) is 4.47 Å². The van der Waals surface area contributed by atoms with Gasteiger partial charge in [-0.15, -0.1) is 0 Å². The average molecular weight is 267 g/mol. The van der Waals surface area contributed by atoms with Crippen LogP contribution in [0, 0.1) is 0 Å². The van der Waals surface area contributed by atoms with Crippen molar-refractivity contribution in [3.8, 4) is 0 Å². The summed E-state index contributed by atoms with van der Waals surface area (Å²) in [4.78, 5) is 0. The zero-order valence-corrected chi connectivity index (χ0v) is 11.5. The summed E-state index contributed by atoms with van der Waals surface area (Å²) in [5.74, 6) is 0. The van der Waals surface area contributed by atoms with Gasteiger partial charge >= 0.3 is 0 Å². The van der Waals surface area contributed by atoms with Crippen LogP contribution in [0.15, 0.2) is 28.7 Å². The third-order valence-electron chi connectivity index (χ3n) is 2.69. The normalized spacial score (nSPS) is 15.3. The van der Waals surface area contributed by atoms with Gasteiger partial charge in [0.2, 0.25) is 0 Å². The first-order valence-electron chi connectivity index (χ1n) is 4.98. The molecule has 2 heteroatoms. The van der Waals surface area contributed by atoms with Gasteiger partial charge in [0.15, 0.2) is 0 Å². The van der Waals surface area contributed by atoms with E-state index < -0.39 is 8.07 Å². The highest BCUT2D eigenvalue weighted by Gasteiger charge is 2.25. The van der Waals surface area contributed by atoms with Crippen molar-refractivity contribution >= 4 is 29.2 Å². The van der Waals surface area contributed by atoms with E-state index in [0.29, 0.717) is 0 Å². The third-order valence-corrected chi connectivity index (χ3v) is 5.27. The number of hydrogen-bond acceptors (Lipinski definition) is 0. The molecular formula is C12H15BrSi. The zero-order valence-electron chi connectivity index (χ0n) is 8.89. The monoisotopic (exact) mass is 266 g/mol. The van der Waals surface area contributed by atoms with Crippen molar-refractivity contribution in [2.45, 2.75) is 26.1 Å². The molecule has 0 amide bonds. The second kappa shape index (κ2) is 3.35. The predicted molar refractivity (Wildman–Crippen MR) is 69.2 cm³/mol. The van der Waals surface area contributed by atoms with Crippen LogP contribution < -0.4 is 0 Å². The maximum absolute atomic E-state index is 3.52. The fourth-order valence-electron chi connectivity index (χ4n) is 2.03. The molecular weight excluding hydrogens is 252 g/mol. The summed E-state index contributed by atoms with van der Waals surface area (Å²) in [6, 6.07) is 6.66. The molecule has 1 aliphatic carbocycles. The Morgan fingerprint density at radius 1 is 1.21 bits per heavy atom. The summed E-state index contributed by atoms with van der Waals surface area (Å²) < 4.78 is 1.20. The molecule has 0 bridgehead atoms. The molecule has 0 saturated heterocycles. The van der Waals surface area contributed by atoms with Crippen molar-refractivity contribution in [2.24, 2.45) is 0 Å². The summed E-state index contributed by atoms with van der Waals surface area (Å²) in [5, 5.41) is 1.63. The molecule has 0 heterocycles. The summed E-state index contributed by atoms with van der Waals surface area (Å²) in [5.41, 5.74) is 2.98. The van der Waals surface area contributed by atoms with E-state index in [2.05, 4.69) is 59.8 Å². The molecule has 0 radical (unpaired) electrons. The minimum Gasteiger partial charge on any atom is -0.0803 e. The highest BCUT2D eigenvalue weighted by atomic mass is 79.9. The third kappa shape index (κ3) is 1.73. The molecule has 0 N–H and O–H groups in total. The second-order valence-electron chi connectivity index (χ2n) is 4.87. The summed E-state index contributed by atoms with van der Waals surface area (Å²) in [7, 11) is -1.15. The predicted octanol–water partition coefficient (Wildman–Crippen LogP) is 4.27. The van der Waals surface area contributed by atoms with Gasteiger partial charge in [0.25, 0.3) is 0 Å². The lowest BCUT2D eigenvalue weighted by Gasteiger charge is -2.19. The van der Waals surface area contributed by atoms with Crippen LogP contribution in [-0.2, 0) is 6.42 Å². The van der Waals surface area contributed by atoms with Gasteiger partial charge in [0.1, 0.15) is 0 Å². The molecule has 0 atom stereocenters. The van der Waals surface area contributed by atoms with E-state index in [9.17, 15) is 0 Å². The second-order valence-corrected chi connectivity index (χ2v) is 10.8. The zero-order chi connectivity index (χ0) is 10.3. The molecule has 0 nitrogen and oxygen atoms in total. The van der Waals surface area contributed by atoms with Crippen LogP contribution in [0.5, 0.6) is 0 Å². The van der Waals surface area contributed by atoms with Crippen molar-refractivity contribution in [1.82, 2.24) is 0 Å². The molecule has 1 aromatic carbocycles. The first-order valence-corrected chi connectivity index (χ1v) is 9.27. The number of rotatable bonds is 1. The van der Waals surface area contributed by atoms with Crippen LogP contribution in [0.3, 0.4) is 0 Å². The Morgan fingerprint density at radius 2 is 1.93 bits per heavy atom. The fraction of sp³-hybridized carbons (Fsp3) is 0.333. The first-order chi connectivity index (χ1) is 6.48. The SMILES string of the molecule is C[Si](C)(C)C1=CCc2cc(Br)ccc21. The molecule has 0 aliphatic heterocycles. The number of fused-ring (bicyclic) bond motifs is 1. The Balaban J connectivity index is 2.48. The molecule has 14 heavy (non-hydrogen) atoms. The Kier molecular flexibility index (Phi) is 2.44. The van der Waals surface area contributed by atoms with Gasteiger partial charge in [-0.2, -0.15) is 0 Å². The molecule has 1 aromatic rings. The standard InChI is InChI=1S/C12H15BrSi/c1-14(2,3)12-7-4-9-8-10(13)5-6-11(9)12/h5-8H,4H2,1-3H3. The van der Waals surface area contributed by atoms with E-state index in [1.165, 1.54) is 15.6 Å². The van der Waals surface area contributed by atoms with Crippen LogP contribution in [0.4, 0.5) is 0 Å². The van der Waals surface area contributed by atoms with Gasteiger partial charge in [-0.05, 0) is 29.7 Å². The van der Waals surface area contributed by atoms with Crippen molar-refractivity contribution in [2.75, 3.05) is 0 Å². The number of halogens is 1.